The number of aryl methyl sites for hydroxylation is 1. The highest BCUT2D eigenvalue weighted by Crippen LogP contribution is 2.45. The van der Waals surface area contributed by atoms with E-state index in [1.807, 2.05) is 54.6 Å². The summed E-state index contributed by atoms with van der Waals surface area (Å²) in [5, 5.41) is 4.65. The molecule has 2 aliphatic heterocycles. The van der Waals surface area contributed by atoms with Gasteiger partial charge >= 0.3 is 0 Å². The molecule has 2 aliphatic rings. The Morgan fingerprint density at radius 1 is 1.03 bits per heavy atom. The van der Waals surface area contributed by atoms with Crippen LogP contribution in [0.25, 0.3) is 5.69 Å². The second kappa shape index (κ2) is 9.28. The van der Waals surface area contributed by atoms with Crippen molar-refractivity contribution in [3.63, 3.8) is 0 Å². The minimum Gasteiger partial charge on any atom is -0.495 e. The third kappa shape index (κ3) is 3.97. The van der Waals surface area contributed by atoms with Gasteiger partial charge in [-0.2, -0.15) is 0 Å². The quantitative estimate of drug-likeness (QED) is 0.314. The molecule has 0 radical (unpaired) electrons. The van der Waals surface area contributed by atoms with Gasteiger partial charge in [0, 0.05) is 35.0 Å². The molecular weight excluding hydrogens is 508 g/mol. The Hall–Kier alpha value is -3.75. The van der Waals surface area contributed by atoms with Crippen LogP contribution in [0.1, 0.15) is 34.7 Å². The summed E-state index contributed by atoms with van der Waals surface area (Å²) >= 11 is 12.4. The van der Waals surface area contributed by atoms with Gasteiger partial charge in [-0.05, 0) is 80.2 Å². The van der Waals surface area contributed by atoms with Crippen molar-refractivity contribution in [3.05, 3.63) is 94.5 Å². The fraction of sp³-hybridized carbons (Fsp3) is 0.214. The lowest BCUT2D eigenvalue weighted by Crippen LogP contribution is -2.29. The van der Waals surface area contributed by atoms with Crippen LogP contribution in [0.2, 0.25) is 5.02 Å². The van der Waals surface area contributed by atoms with Crippen molar-refractivity contribution in [2.75, 3.05) is 18.8 Å². The normalized spacial score (nSPS) is 18.3. The Bertz CT molecular complexity index is 1510. The third-order valence-corrected chi connectivity index (χ3v) is 7.52. The first-order valence-electron chi connectivity index (χ1n) is 11.9. The van der Waals surface area contributed by atoms with Gasteiger partial charge in [-0.1, -0.05) is 17.7 Å². The lowest BCUT2D eigenvalue weighted by molar-refractivity contribution is 0.174. The van der Waals surface area contributed by atoms with Crippen LogP contribution in [-0.4, -0.2) is 28.6 Å². The standard InChI is InChI=1S/C28H25ClN4O3S/c1-16-12-20(17(2)32(16)19-8-10-24-25(14-19)36-15-35-24)27-26(22-6-4-5-11-30-22)31-28(37)33(27)18-7-9-23(34-3)21(29)13-18/h4-14,26-27H,15H2,1-3H3,(H,31,37)/t26-,27+/m1/s1. The van der Waals surface area contributed by atoms with Crippen LogP contribution in [0.15, 0.2) is 66.9 Å². The molecule has 2 aromatic carbocycles. The van der Waals surface area contributed by atoms with Gasteiger partial charge in [-0.25, -0.2) is 0 Å². The van der Waals surface area contributed by atoms with Crippen LogP contribution >= 0.6 is 23.8 Å². The first-order chi connectivity index (χ1) is 18.0. The summed E-state index contributed by atoms with van der Waals surface area (Å²) in [6.07, 6.45) is 1.81. The van der Waals surface area contributed by atoms with Gasteiger partial charge < -0.3 is 29.0 Å². The summed E-state index contributed by atoms with van der Waals surface area (Å²) < 4.78 is 18.8. The number of hydrogen-bond donors (Lipinski definition) is 1. The van der Waals surface area contributed by atoms with Crippen molar-refractivity contribution in [3.8, 4) is 22.9 Å². The van der Waals surface area contributed by atoms with Crippen LogP contribution in [-0.2, 0) is 0 Å². The van der Waals surface area contributed by atoms with Gasteiger partial charge in [0.15, 0.2) is 16.6 Å². The molecule has 2 aromatic heterocycles. The van der Waals surface area contributed by atoms with E-state index in [1.54, 1.807) is 13.3 Å². The van der Waals surface area contributed by atoms with E-state index in [1.165, 1.54) is 0 Å². The molecule has 0 unspecified atom stereocenters. The summed E-state index contributed by atoms with van der Waals surface area (Å²) in [5.74, 6) is 2.12. The Labute approximate surface area is 225 Å². The molecule has 37 heavy (non-hydrogen) atoms. The second-order valence-corrected chi connectivity index (χ2v) is 9.81. The number of methoxy groups -OCH3 is 1. The Morgan fingerprint density at radius 2 is 1.84 bits per heavy atom. The smallest absolute Gasteiger partial charge is 0.231 e. The fourth-order valence-electron chi connectivity index (χ4n) is 5.26. The first kappa shape index (κ1) is 23.6. The molecule has 9 heteroatoms. The average Bonchev–Trinajstić information content (AvgIpc) is 3.59. The maximum absolute atomic E-state index is 6.54. The van der Waals surface area contributed by atoms with E-state index in [-0.39, 0.29) is 18.9 Å². The second-order valence-electron chi connectivity index (χ2n) is 9.01. The van der Waals surface area contributed by atoms with E-state index in [0.29, 0.717) is 15.9 Å². The van der Waals surface area contributed by atoms with Gasteiger partial charge in [0.25, 0.3) is 0 Å². The Balaban J connectivity index is 1.50. The number of aromatic nitrogens is 2. The van der Waals surface area contributed by atoms with E-state index < -0.39 is 0 Å². The van der Waals surface area contributed by atoms with Gasteiger partial charge in [0.05, 0.1) is 29.9 Å². The summed E-state index contributed by atoms with van der Waals surface area (Å²) in [5.41, 5.74) is 6.11. The summed E-state index contributed by atoms with van der Waals surface area (Å²) in [6, 6.07) is 19.6. The fourth-order valence-corrected chi connectivity index (χ4v) is 5.86. The van der Waals surface area contributed by atoms with Gasteiger partial charge in [-0.3, -0.25) is 4.98 Å². The highest BCUT2D eigenvalue weighted by Gasteiger charge is 2.42. The molecule has 0 spiro atoms. The zero-order valence-electron chi connectivity index (χ0n) is 20.6. The Morgan fingerprint density at radius 3 is 2.59 bits per heavy atom. The van der Waals surface area contributed by atoms with Crippen LogP contribution in [0, 0.1) is 13.8 Å². The highest BCUT2D eigenvalue weighted by molar-refractivity contribution is 7.80. The van der Waals surface area contributed by atoms with Crippen molar-refractivity contribution in [2.24, 2.45) is 0 Å². The molecule has 6 rings (SSSR count). The van der Waals surface area contributed by atoms with Crippen molar-refractivity contribution in [1.29, 1.82) is 0 Å². The summed E-state index contributed by atoms with van der Waals surface area (Å²) in [6.45, 7) is 4.47. The highest BCUT2D eigenvalue weighted by atomic mass is 35.5. The number of rotatable bonds is 5. The number of nitrogens with zero attached hydrogens (tertiary/aromatic N) is 3. The van der Waals surface area contributed by atoms with Crippen LogP contribution < -0.4 is 24.4 Å². The molecular formula is C28H25ClN4O3S. The minimum atomic E-state index is -0.166. The monoisotopic (exact) mass is 532 g/mol. The number of thiocarbonyl (C=S) groups is 1. The molecule has 4 heterocycles. The summed E-state index contributed by atoms with van der Waals surface area (Å²) in [7, 11) is 1.60. The number of ether oxygens (including phenoxy) is 3. The largest absolute Gasteiger partial charge is 0.495 e. The molecule has 7 nitrogen and oxygen atoms in total. The third-order valence-electron chi connectivity index (χ3n) is 6.91. The van der Waals surface area contributed by atoms with Crippen molar-refractivity contribution in [1.82, 2.24) is 14.9 Å². The molecule has 4 aromatic rings. The number of hydrogen-bond acceptors (Lipinski definition) is 5. The lowest BCUT2D eigenvalue weighted by atomic mass is 9.96. The molecule has 0 aliphatic carbocycles. The molecule has 0 saturated carbocycles. The SMILES string of the molecule is COc1ccc(N2C(=S)N[C@H](c3ccccn3)[C@@H]2c2cc(C)n(-c3ccc4c(c3)OCO4)c2C)cc1Cl. The molecule has 1 N–H and O–H groups in total. The maximum Gasteiger partial charge on any atom is 0.231 e. The van der Waals surface area contributed by atoms with Gasteiger partial charge in [0.2, 0.25) is 6.79 Å². The number of nitrogens with one attached hydrogen (secondary N) is 1. The topological polar surface area (TPSA) is 60.8 Å². The molecule has 188 valence electrons. The van der Waals surface area contributed by atoms with Crippen LogP contribution in [0.5, 0.6) is 17.2 Å². The predicted molar refractivity (Wildman–Crippen MR) is 147 cm³/mol. The van der Waals surface area contributed by atoms with Gasteiger partial charge in [-0.15, -0.1) is 0 Å². The number of anilines is 1. The van der Waals surface area contributed by atoms with E-state index in [0.717, 1.165) is 45.5 Å². The predicted octanol–water partition coefficient (Wildman–Crippen LogP) is 6.06. The zero-order chi connectivity index (χ0) is 25.7. The number of halogens is 1. The average molecular weight is 533 g/mol. The maximum atomic E-state index is 6.54. The first-order valence-corrected chi connectivity index (χ1v) is 12.7. The lowest BCUT2D eigenvalue weighted by Gasteiger charge is -2.28. The molecule has 2 atom stereocenters. The van der Waals surface area contributed by atoms with Crippen LogP contribution in [0.4, 0.5) is 5.69 Å². The molecule has 1 fully saturated rings. The van der Waals surface area contributed by atoms with Crippen molar-refractivity contribution < 1.29 is 14.2 Å². The van der Waals surface area contributed by atoms with Crippen molar-refractivity contribution in [2.45, 2.75) is 25.9 Å². The molecule has 0 amide bonds. The molecule has 0 bridgehead atoms. The van der Waals surface area contributed by atoms with Gasteiger partial charge in [0.1, 0.15) is 5.75 Å². The summed E-state index contributed by atoms with van der Waals surface area (Å²) in [4.78, 5) is 6.79. The minimum absolute atomic E-state index is 0.166. The van der Waals surface area contributed by atoms with E-state index in [9.17, 15) is 0 Å². The van der Waals surface area contributed by atoms with Crippen molar-refractivity contribution >= 4 is 34.6 Å². The molecule has 1 saturated heterocycles. The van der Waals surface area contributed by atoms with E-state index >= 15 is 0 Å². The number of fused-ring (bicyclic) bond motifs is 1. The number of pyridine rings is 1. The van der Waals surface area contributed by atoms with Crippen LogP contribution in [0.3, 0.4) is 0 Å². The van der Waals surface area contributed by atoms with E-state index in [2.05, 4.69) is 39.7 Å². The zero-order valence-corrected chi connectivity index (χ0v) is 22.1. The van der Waals surface area contributed by atoms with E-state index in [4.69, 9.17) is 38.0 Å². The number of benzene rings is 2. The Kier molecular flexibility index (Phi) is 5.93.